The van der Waals surface area contributed by atoms with E-state index in [4.69, 9.17) is 0 Å². The molecule has 5 nitrogen and oxygen atoms in total. The van der Waals surface area contributed by atoms with Gasteiger partial charge in [0.25, 0.3) is 0 Å². The first-order valence-corrected chi connectivity index (χ1v) is 7.69. The van der Waals surface area contributed by atoms with Gasteiger partial charge in [-0.1, -0.05) is 32.1 Å². The topological polar surface area (TPSA) is 59.8 Å². The minimum Gasteiger partial charge on any atom is -0.308 e. The molecule has 0 radical (unpaired) electrons. The predicted molar refractivity (Wildman–Crippen MR) is 85.9 cm³/mol. The van der Waals surface area contributed by atoms with E-state index in [1.807, 2.05) is 18.7 Å². The zero-order valence-corrected chi connectivity index (χ0v) is 13.9. The second-order valence-corrected chi connectivity index (χ2v) is 5.69. The summed E-state index contributed by atoms with van der Waals surface area (Å²) in [5.41, 5.74) is 1.23. The third-order valence-corrected chi connectivity index (χ3v) is 4.45. The third-order valence-electron chi connectivity index (χ3n) is 4.45. The van der Waals surface area contributed by atoms with Crippen molar-refractivity contribution >= 4 is 11.4 Å². The van der Waals surface area contributed by atoms with Crippen molar-refractivity contribution in [2.45, 2.75) is 59.0 Å². The lowest BCUT2D eigenvalue weighted by Crippen LogP contribution is -2.52. The number of carbonyl (C=O) groups excluding carboxylic acids is 1. The normalized spacial score (nSPS) is 15.5. The molecule has 0 aliphatic carbocycles. The number of likely N-dealkylation sites (N-methyl/N-ethyl adjacent to an activating group) is 1. The molecule has 0 bridgehead atoms. The van der Waals surface area contributed by atoms with Crippen molar-refractivity contribution in [3.63, 3.8) is 0 Å². The number of hydrogen-bond acceptors (Lipinski definition) is 4. The maximum atomic E-state index is 12.1. The summed E-state index contributed by atoms with van der Waals surface area (Å²) in [6, 6.07) is 0. The van der Waals surface area contributed by atoms with Crippen LogP contribution in [-0.2, 0) is 11.3 Å². The monoisotopic (exact) mass is 292 g/mol. The Balaban J connectivity index is 3.09. The minimum absolute atomic E-state index is 0.0128. The van der Waals surface area contributed by atoms with Gasteiger partial charge in [0.15, 0.2) is 0 Å². The Labute approximate surface area is 127 Å². The van der Waals surface area contributed by atoms with Crippen molar-refractivity contribution in [1.82, 2.24) is 20.3 Å². The zero-order chi connectivity index (χ0) is 16.0. The van der Waals surface area contributed by atoms with Crippen molar-refractivity contribution in [2.75, 3.05) is 7.05 Å². The van der Waals surface area contributed by atoms with E-state index in [1.54, 1.807) is 13.1 Å². The molecule has 0 saturated carbocycles. The van der Waals surface area contributed by atoms with Crippen LogP contribution in [0.5, 0.6) is 0 Å². The number of carbonyl (C=O) groups is 1. The first kappa shape index (κ1) is 17.6. The van der Waals surface area contributed by atoms with Gasteiger partial charge in [0.2, 0.25) is 0 Å². The standard InChI is InChI=1S/C16H28N4O/c1-7-9-10-20-15(11-18-19-20)12(3)14(8-2)16(5,17-6)13(4)21/h11,14,17H,3,7-10H2,1-2,4-6H3/t14-,16-/m1/s1. The van der Waals surface area contributed by atoms with Crippen LogP contribution in [0.3, 0.4) is 0 Å². The van der Waals surface area contributed by atoms with Crippen LogP contribution in [0.1, 0.15) is 52.7 Å². The molecule has 0 amide bonds. The van der Waals surface area contributed by atoms with Gasteiger partial charge < -0.3 is 5.32 Å². The van der Waals surface area contributed by atoms with Crippen molar-refractivity contribution in [3.05, 3.63) is 18.5 Å². The Hall–Kier alpha value is -1.49. The average molecular weight is 292 g/mol. The smallest absolute Gasteiger partial charge is 0.150 e. The highest BCUT2D eigenvalue weighted by Gasteiger charge is 2.38. The largest absolute Gasteiger partial charge is 0.308 e. The number of nitrogens with one attached hydrogen (secondary N) is 1. The van der Waals surface area contributed by atoms with Gasteiger partial charge in [-0.25, -0.2) is 4.68 Å². The SMILES string of the molecule is C=C(c1cnnn1CCCC)[C@@H](CC)[C@](C)(NC)C(C)=O. The van der Waals surface area contributed by atoms with Gasteiger partial charge in [-0.05, 0) is 39.3 Å². The number of ketones is 1. The van der Waals surface area contributed by atoms with Crippen LogP contribution in [0.25, 0.3) is 5.57 Å². The summed E-state index contributed by atoms with van der Waals surface area (Å²) < 4.78 is 1.89. The molecule has 0 spiro atoms. The Kier molecular flexibility index (Phi) is 6.27. The van der Waals surface area contributed by atoms with E-state index in [0.717, 1.165) is 37.1 Å². The average Bonchev–Trinajstić information content (AvgIpc) is 2.93. The second-order valence-electron chi connectivity index (χ2n) is 5.69. The Morgan fingerprint density at radius 2 is 2.19 bits per heavy atom. The Morgan fingerprint density at radius 1 is 1.52 bits per heavy atom. The summed E-state index contributed by atoms with van der Waals surface area (Å²) in [6.07, 6.45) is 4.73. The number of aromatic nitrogens is 3. The van der Waals surface area contributed by atoms with E-state index in [0.29, 0.717) is 0 Å². The summed E-state index contributed by atoms with van der Waals surface area (Å²) in [6.45, 7) is 12.9. The molecule has 0 aliphatic rings. The van der Waals surface area contributed by atoms with Crippen molar-refractivity contribution < 1.29 is 4.79 Å². The molecular formula is C16H28N4O. The molecule has 1 rings (SSSR count). The maximum absolute atomic E-state index is 12.1. The zero-order valence-electron chi connectivity index (χ0n) is 13.9. The van der Waals surface area contributed by atoms with Crippen molar-refractivity contribution in [3.8, 4) is 0 Å². The fourth-order valence-electron chi connectivity index (χ4n) is 2.76. The lowest BCUT2D eigenvalue weighted by molar-refractivity contribution is -0.123. The highest BCUT2D eigenvalue weighted by Crippen LogP contribution is 2.33. The molecule has 2 atom stereocenters. The lowest BCUT2D eigenvalue weighted by atomic mass is 9.75. The second kappa shape index (κ2) is 7.50. The fourth-order valence-corrected chi connectivity index (χ4v) is 2.76. The van der Waals surface area contributed by atoms with Gasteiger partial charge in [-0.3, -0.25) is 4.79 Å². The Bertz CT molecular complexity index is 494. The van der Waals surface area contributed by atoms with E-state index in [9.17, 15) is 4.79 Å². The van der Waals surface area contributed by atoms with Gasteiger partial charge in [0, 0.05) is 12.5 Å². The van der Waals surface area contributed by atoms with Crippen LogP contribution in [0.2, 0.25) is 0 Å². The molecule has 21 heavy (non-hydrogen) atoms. The molecule has 1 aromatic heterocycles. The molecule has 0 fully saturated rings. The number of hydrogen-bond donors (Lipinski definition) is 1. The van der Waals surface area contributed by atoms with Gasteiger partial charge in [-0.15, -0.1) is 5.10 Å². The molecule has 0 saturated heterocycles. The summed E-state index contributed by atoms with van der Waals surface area (Å²) in [5.74, 6) is 0.129. The summed E-state index contributed by atoms with van der Waals surface area (Å²) in [5, 5.41) is 11.3. The van der Waals surface area contributed by atoms with Crippen LogP contribution < -0.4 is 5.32 Å². The number of nitrogens with zero attached hydrogens (tertiary/aromatic N) is 3. The number of Topliss-reactive ketones (excluding diaryl/α,β-unsaturated/α-hetero) is 1. The van der Waals surface area contributed by atoms with Gasteiger partial charge >= 0.3 is 0 Å². The summed E-state index contributed by atoms with van der Waals surface area (Å²) in [4.78, 5) is 12.1. The fraction of sp³-hybridized carbons (Fsp3) is 0.688. The van der Waals surface area contributed by atoms with E-state index >= 15 is 0 Å². The molecule has 0 aliphatic heterocycles. The van der Waals surface area contributed by atoms with Crippen LogP contribution in [0.15, 0.2) is 12.8 Å². The van der Waals surface area contributed by atoms with E-state index in [2.05, 4.69) is 36.1 Å². The summed E-state index contributed by atoms with van der Waals surface area (Å²) in [7, 11) is 1.82. The summed E-state index contributed by atoms with van der Waals surface area (Å²) >= 11 is 0. The van der Waals surface area contributed by atoms with E-state index in [1.165, 1.54) is 0 Å². The first-order chi connectivity index (χ1) is 9.92. The van der Waals surface area contributed by atoms with Crippen LogP contribution in [0, 0.1) is 5.92 Å². The molecule has 1 N–H and O–H groups in total. The number of rotatable bonds is 9. The van der Waals surface area contributed by atoms with Crippen molar-refractivity contribution in [2.24, 2.45) is 5.92 Å². The quantitative estimate of drug-likeness (QED) is 0.760. The van der Waals surface area contributed by atoms with Gasteiger partial charge in [-0.2, -0.15) is 0 Å². The van der Waals surface area contributed by atoms with Crippen LogP contribution in [0.4, 0.5) is 0 Å². The van der Waals surface area contributed by atoms with Crippen molar-refractivity contribution in [1.29, 1.82) is 0 Å². The third kappa shape index (κ3) is 3.59. The molecule has 0 unspecified atom stereocenters. The molecule has 1 aromatic rings. The lowest BCUT2D eigenvalue weighted by Gasteiger charge is -2.36. The van der Waals surface area contributed by atoms with Crippen LogP contribution in [-0.4, -0.2) is 33.4 Å². The molecular weight excluding hydrogens is 264 g/mol. The highest BCUT2D eigenvalue weighted by molar-refractivity contribution is 5.88. The highest BCUT2D eigenvalue weighted by atomic mass is 16.1. The predicted octanol–water partition coefficient (Wildman–Crippen LogP) is 2.68. The Morgan fingerprint density at radius 3 is 2.67 bits per heavy atom. The number of unbranched alkanes of at least 4 members (excludes halogenated alkanes) is 1. The molecule has 0 aromatic carbocycles. The number of aryl methyl sites for hydroxylation is 1. The first-order valence-electron chi connectivity index (χ1n) is 7.69. The molecule has 5 heteroatoms. The van der Waals surface area contributed by atoms with Gasteiger partial charge in [0.1, 0.15) is 5.78 Å². The molecule has 1 heterocycles. The van der Waals surface area contributed by atoms with Crippen LogP contribution >= 0.6 is 0 Å². The van der Waals surface area contributed by atoms with E-state index in [-0.39, 0.29) is 11.7 Å². The van der Waals surface area contributed by atoms with E-state index < -0.39 is 5.54 Å². The maximum Gasteiger partial charge on any atom is 0.150 e. The van der Waals surface area contributed by atoms with Gasteiger partial charge in [0.05, 0.1) is 17.4 Å². The minimum atomic E-state index is -0.619. The molecule has 118 valence electrons.